The third-order valence-electron chi connectivity index (χ3n) is 5.06. The third-order valence-corrected chi connectivity index (χ3v) is 7.89. The first-order valence-electron chi connectivity index (χ1n) is 10.5. The normalized spacial score (nSPS) is 11.7. The van der Waals surface area contributed by atoms with Crippen molar-refractivity contribution in [3.8, 4) is 5.75 Å². The summed E-state index contributed by atoms with van der Waals surface area (Å²) in [5.74, 6) is 1.39. The first-order chi connectivity index (χ1) is 16.6. The smallest absolute Gasteiger partial charge is 0.282 e. The molecule has 180 valence electrons. The van der Waals surface area contributed by atoms with Crippen LogP contribution < -0.4 is 10.3 Å². The van der Waals surface area contributed by atoms with Gasteiger partial charge >= 0.3 is 0 Å². The van der Waals surface area contributed by atoms with Gasteiger partial charge in [-0.1, -0.05) is 59.0 Å². The van der Waals surface area contributed by atoms with Gasteiger partial charge in [0.1, 0.15) is 18.2 Å². The second-order valence-electron chi connectivity index (χ2n) is 8.00. The molecule has 1 aromatic heterocycles. The zero-order valence-corrected chi connectivity index (χ0v) is 25.9. The summed E-state index contributed by atoms with van der Waals surface area (Å²) in [6, 6.07) is 14.8. The molecule has 0 aliphatic heterocycles. The molecule has 0 saturated carbocycles. The summed E-state index contributed by atoms with van der Waals surface area (Å²) in [5, 5.41) is 6.04. The van der Waals surface area contributed by atoms with E-state index >= 15 is 0 Å². The van der Waals surface area contributed by atoms with Gasteiger partial charge < -0.3 is 4.74 Å². The summed E-state index contributed by atoms with van der Waals surface area (Å²) in [6.45, 7) is 4.34. The quantitative estimate of drug-likeness (QED) is 0.146. The first kappa shape index (κ1) is 26.8. The summed E-state index contributed by atoms with van der Waals surface area (Å²) < 4.78 is 10.1. The Bertz CT molecular complexity index is 1500. The van der Waals surface area contributed by atoms with Crippen LogP contribution in [0.25, 0.3) is 10.9 Å². The molecule has 4 rings (SSSR count). The highest BCUT2D eigenvalue weighted by Crippen LogP contribution is 2.30. The van der Waals surface area contributed by atoms with Gasteiger partial charge in [-0.15, -0.1) is 0 Å². The molecule has 0 aliphatic carbocycles. The van der Waals surface area contributed by atoms with E-state index in [1.807, 2.05) is 44.2 Å². The van der Waals surface area contributed by atoms with Gasteiger partial charge in [-0.25, -0.2) is 4.98 Å². The molecular weight excluding hydrogens is 779 g/mol. The summed E-state index contributed by atoms with van der Waals surface area (Å²) in [7, 11) is 0. The van der Waals surface area contributed by atoms with Gasteiger partial charge in [0, 0.05) is 10.4 Å². The predicted molar refractivity (Wildman–Crippen MR) is 163 cm³/mol. The van der Waals surface area contributed by atoms with Crippen LogP contribution >= 0.6 is 84.3 Å². The molecule has 0 radical (unpaired) electrons. The van der Waals surface area contributed by atoms with E-state index in [1.54, 1.807) is 24.4 Å². The van der Waals surface area contributed by atoms with E-state index in [1.165, 1.54) is 4.68 Å². The van der Waals surface area contributed by atoms with Gasteiger partial charge in [0.2, 0.25) is 0 Å². The lowest BCUT2D eigenvalue weighted by Crippen LogP contribution is -2.23. The average molecular weight is 797 g/mol. The van der Waals surface area contributed by atoms with Gasteiger partial charge in [0.05, 0.1) is 34.3 Å². The van der Waals surface area contributed by atoms with E-state index in [4.69, 9.17) is 32.9 Å². The Labute approximate surface area is 248 Å². The Hall–Kier alpha value is -1.21. The van der Waals surface area contributed by atoms with Gasteiger partial charge in [0.25, 0.3) is 5.56 Å². The monoisotopic (exact) mass is 795 g/mol. The van der Waals surface area contributed by atoms with Gasteiger partial charge in [-0.2, -0.15) is 9.78 Å². The van der Waals surface area contributed by atoms with Crippen LogP contribution in [0.15, 0.2) is 62.9 Å². The summed E-state index contributed by atoms with van der Waals surface area (Å²) in [4.78, 5) is 17.9. The number of benzene rings is 3. The van der Waals surface area contributed by atoms with Crippen molar-refractivity contribution in [1.29, 1.82) is 0 Å². The number of halogens is 5. The Balaban J connectivity index is 1.64. The molecule has 1 heterocycles. The largest absolute Gasteiger partial charge is 0.487 e. The topological polar surface area (TPSA) is 56.5 Å². The van der Waals surface area contributed by atoms with Crippen molar-refractivity contribution in [2.75, 3.05) is 0 Å². The minimum absolute atomic E-state index is 0.0188. The molecule has 10 heteroatoms. The number of hydrogen-bond acceptors (Lipinski definition) is 4. The first-order valence-corrected chi connectivity index (χ1v) is 14.2. The maximum atomic E-state index is 13.2. The molecular formula is C25H18BrCl2I2N3O2. The number of aromatic nitrogens is 2. The number of fused-ring (bicyclic) bond motifs is 1. The molecule has 0 saturated heterocycles. The Morgan fingerprint density at radius 2 is 1.80 bits per heavy atom. The molecule has 5 nitrogen and oxygen atoms in total. The highest BCUT2D eigenvalue weighted by atomic mass is 127. The Morgan fingerprint density at radius 1 is 1.09 bits per heavy atom. The summed E-state index contributed by atoms with van der Waals surface area (Å²) in [6.07, 6.45) is 1.67. The predicted octanol–water partition coefficient (Wildman–Crippen LogP) is 8.26. The van der Waals surface area contributed by atoms with Crippen LogP contribution in [0.4, 0.5) is 0 Å². The van der Waals surface area contributed by atoms with Crippen molar-refractivity contribution in [3.05, 3.63) is 97.5 Å². The van der Waals surface area contributed by atoms with Crippen molar-refractivity contribution in [2.24, 2.45) is 5.10 Å². The van der Waals surface area contributed by atoms with Crippen LogP contribution in [-0.2, 0) is 6.61 Å². The van der Waals surface area contributed by atoms with E-state index < -0.39 is 0 Å². The second kappa shape index (κ2) is 11.5. The zero-order chi connectivity index (χ0) is 25.3. The number of hydrogen-bond donors (Lipinski definition) is 0. The maximum Gasteiger partial charge on any atom is 0.282 e. The van der Waals surface area contributed by atoms with Crippen LogP contribution in [0.1, 0.15) is 36.7 Å². The van der Waals surface area contributed by atoms with Crippen molar-refractivity contribution in [1.82, 2.24) is 9.66 Å². The SMILES string of the molecule is CC(C)c1nc2ccc(Br)cc2c(=O)n1N=Cc1cc(I)c(OCc2ccc(Cl)c(Cl)c2)c(I)c1. The molecule has 0 N–H and O–H groups in total. The molecule has 0 amide bonds. The molecule has 0 atom stereocenters. The fraction of sp³-hybridized carbons (Fsp3) is 0.160. The van der Waals surface area contributed by atoms with E-state index in [9.17, 15) is 4.79 Å². The summed E-state index contributed by atoms with van der Waals surface area (Å²) in [5.41, 5.74) is 2.22. The van der Waals surface area contributed by atoms with Gasteiger partial charge in [0.15, 0.2) is 0 Å². The fourth-order valence-corrected chi connectivity index (χ4v) is 6.16. The van der Waals surface area contributed by atoms with Crippen LogP contribution in [0.5, 0.6) is 5.75 Å². The van der Waals surface area contributed by atoms with Crippen molar-refractivity contribution < 1.29 is 4.74 Å². The van der Waals surface area contributed by atoms with Crippen LogP contribution in [0.3, 0.4) is 0 Å². The minimum atomic E-state index is -0.206. The highest BCUT2D eigenvalue weighted by Gasteiger charge is 2.14. The van der Waals surface area contributed by atoms with Crippen LogP contribution in [0.2, 0.25) is 10.0 Å². The van der Waals surface area contributed by atoms with E-state index in [2.05, 4.69) is 66.2 Å². The lowest BCUT2D eigenvalue weighted by Gasteiger charge is -2.13. The molecule has 0 unspecified atom stereocenters. The summed E-state index contributed by atoms with van der Waals surface area (Å²) >= 11 is 20.0. The second-order valence-corrected chi connectivity index (χ2v) is 12.1. The highest BCUT2D eigenvalue weighted by molar-refractivity contribution is 14.1. The van der Waals surface area contributed by atoms with Crippen LogP contribution in [0, 0.1) is 7.14 Å². The number of nitrogens with zero attached hydrogens (tertiary/aromatic N) is 3. The van der Waals surface area contributed by atoms with Crippen molar-refractivity contribution >= 4 is 101 Å². The van der Waals surface area contributed by atoms with E-state index in [0.29, 0.717) is 33.4 Å². The molecule has 4 aromatic rings. The standard InChI is InChI=1S/C25H18BrCl2I2N3O2/c1-13(2)24-32-22-6-4-16(26)10-17(22)25(34)33(24)31-11-15-8-20(29)23(21(30)9-15)35-12-14-3-5-18(27)19(28)7-14/h3-11,13H,12H2,1-2H3. The number of ether oxygens (including phenoxy) is 1. The molecule has 35 heavy (non-hydrogen) atoms. The van der Waals surface area contributed by atoms with Crippen LogP contribution in [-0.4, -0.2) is 15.9 Å². The van der Waals surface area contributed by atoms with E-state index in [0.717, 1.165) is 28.5 Å². The van der Waals surface area contributed by atoms with Crippen molar-refractivity contribution in [2.45, 2.75) is 26.4 Å². The van der Waals surface area contributed by atoms with E-state index in [-0.39, 0.29) is 11.5 Å². The minimum Gasteiger partial charge on any atom is -0.487 e. The van der Waals surface area contributed by atoms with Crippen molar-refractivity contribution in [3.63, 3.8) is 0 Å². The third kappa shape index (κ3) is 6.20. The molecule has 3 aromatic carbocycles. The van der Waals surface area contributed by atoms with Gasteiger partial charge in [-0.3, -0.25) is 4.79 Å². The zero-order valence-electron chi connectivity index (χ0n) is 18.5. The average Bonchev–Trinajstić information content (AvgIpc) is 2.80. The Morgan fingerprint density at radius 3 is 2.46 bits per heavy atom. The number of rotatable bonds is 6. The molecule has 0 aliphatic rings. The lowest BCUT2D eigenvalue weighted by atomic mass is 10.2. The molecule has 0 fully saturated rings. The molecule has 0 spiro atoms. The fourth-order valence-electron chi connectivity index (χ4n) is 3.35. The lowest BCUT2D eigenvalue weighted by molar-refractivity contribution is 0.302. The maximum absolute atomic E-state index is 13.2. The van der Waals surface area contributed by atoms with Gasteiger partial charge in [-0.05, 0) is 98.8 Å². The Kier molecular flexibility index (Phi) is 8.78. The molecule has 0 bridgehead atoms.